The van der Waals surface area contributed by atoms with Gasteiger partial charge in [-0.1, -0.05) is 15.9 Å². The van der Waals surface area contributed by atoms with Crippen LogP contribution in [-0.2, 0) is 14.8 Å². The quantitative estimate of drug-likeness (QED) is 0.497. The number of methoxy groups -OCH3 is 2. The summed E-state index contributed by atoms with van der Waals surface area (Å²) in [6.07, 6.45) is 1.39. The number of amides is 1. The Morgan fingerprint density at radius 2 is 1.75 bits per heavy atom. The smallest absolute Gasteiger partial charge is 0.266 e. The normalized spacial score (nSPS) is 11.5. The highest BCUT2D eigenvalue weighted by atomic mass is 79.9. The summed E-state index contributed by atoms with van der Waals surface area (Å²) < 4.78 is 33.6. The first kappa shape index (κ1) is 21.4. The van der Waals surface area contributed by atoms with Gasteiger partial charge in [0.05, 0.1) is 19.1 Å². The fourth-order valence-corrected chi connectivity index (χ4v) is 3.16. The molecule has 0 aliphatic carbocycles. The number of ether oxygens (including phenoxy) is 2. The number of sulfonamides is 1. The average molecular weight is 466 g/mol. The molecular weight excluding hydrogens is 450 g/mol. The summed E-state index contributed by atoms with van der Waals surface area (Å²) in [4.78, 5) is 12.3. The van der Waals surface area contributed by atoms with Crippen LogP contribution in [0.1, 0.15) is 5.56 Å². The molecule has 10 heteroatoms. The Morgan fingerprint density at radius 3 is 2.25 bits per heavy atom. The maximum atomic E-state index is 12.4. The van der Waals surface area contributed by atoms with E-state index in [0.29, 0.717) is 27.2 Å². The van der Waals surface area contributed by atoms with Crippen molar-refractivity contribution in [1.82, 2.24) is 0 Å². The van der Waals surface area contributed by atoms with E-state index in [9.17, 15) is 18.5 Å². The molecule has 0 bridgehead atoms. The molecule has 0 saturated carbocycles. The number of rotatable bonds is 6. The molecule has 0 aliphatic rings. The molecule has 0 unspecified atom stereocenters. The third kappa shape index (κ3) is 5.10. The van der Waals surface area contributed by atoms with Gasteiger partial charge in [-0.15, -0.1) is 0 Å². The molecule has 2 aromatic carbocycles. The van der Waals surface area contributed by atoms with Crippen LogP contribution in [0.3, 0.4) is 0 Å². The Balaban J connectivity index is 2.30. The third-order valence-corrected chi connectivity index (χ3v) is 5.22. The molecule has 0 aliphatic heterocycles. The van der Waals surface area contributed by atoms with Crippen LogP contribution in [0.4, 0.5) is 5.69 Å². The SMILES string of the molecule is COc1cc(Br)c(C=C(C#N)C(=O)Nc2ccc(S(N)(=O)=O)cc2)cc1OC. The van der Waals surface area contributed by atoms with Crippen LogP contribution in [0, 0.1) is 11.3 Å². The van der Waals surface area contributed by atoms with Crippen molar-refractivity contribution in [3.63, 3.8) is 0 Å². The maximum absolute atomic E-state index is 12.4. The molecule has 0 radical (unpaired) electrons. The zero-order chi connectivity index (χ0) is 20.9. The second-order valence-corrected chi connectivity index (χ2v) is 7.84. The lowest BCUT2D eigenvalue weighted by Crippen LogP contribution is -2.14. The Bertz CT molecular complexity index is 1070. The number of nitrogens with one attached hydrogen (secondary N) is 1. The second-order valence-electron chi connectivity index (χ2n) is 5.42. The largest absolute Gasteiger partial charge is 0.493 e. The van der Waals surface area contributed by atoms with Gasteiger partial charge in [-0.3, -0.25) is 4.79 Å². The van der Waals surface area contributed by atoms with Crippen LogP contribution in [0.15, 0.2) is 51.3 Å². The summed E-state index contributed by atoms with van der Waals surface area (Å²) in [5.41, 5.74) is 0.683. The predicted molar refractivity (Wildman–Crippen MR) is 107 cm³/mol. The lowest BCUT2D eigenvalue weighted by Gasteiger charge is -2.10. The van der Waals surface area contributed by atoms with Crippen LogP contribution in [0.2, 0.25) is 0 Å². The number of carbonyl (C=O) groups is 1. The molecule has 28 heavy (non-hydrogen) atoms. The minimum atomic E-state index is -3.83. The van der Waals surface area contributed by atoms with E-state index in [4.69, 9.17) is 14.6 Å². The zero-order valence-corrected chi connectivity index (χ0v) is 17.3. The molecular formula is C18H16BrN3O5S. The van der Waals surface area contributed by atoms with Gasteiger partial charge in [-0.2, -0.15) is 5.26 Å². The average Bonchev–Trinajstić information content (AvgIpc) is 2.66. The monoisotopic (exact) mass is 465 g/mol. The predicted octanol–water partition coefficient (Wildman–Crippen LogP) is 2.66. The Morgan fingerprint density at radius 1 is 1.18 bits per heavy atom. The molecule has 2 aromatic rings. The topological polar surface area (TPSA) is 132 Å². The third-order valence-electron chi connectivity index (χ3n) is 3.61. The van der Waals surface area contributed by atoms with Gasteiger partial charge in [-0.05, 0) is 48.0 Å². The number of benzene rings is 2. The number of carbonyl (C=O) groups excluding carboxylic acids is 1. The lowest BCUT2D eigenvalue weighted by atomic mass is 10.1. The number of hydrogen-bond acceptors (Lipinski definition) is 6. The van der Waals surface area contributed by atoms with Crippen molar-refractivity contribution in [3.8, 4) is 17.6 Å². The highest BCUT2D eigenvalue weighted by Crippen LogP contribution is 2.34. The minimum absolute atomic E-state index is 0.0872. The van der Waals surface area contributed by atoms with E-state index in [1.807, 2.05) is 6.07 Å². The Labute approximate surface area is 170 Å². The molecule has 0 atom stereocenters. The maximum Gasteiger partial charge on any atom is 0.266 e. The molecule has 3 N–H and O–H groups in total. The van der Waals surface area contributed by atoms with Gasteiger partial charge in [0.15, 0.2) is 11.5 Å². The molecule has 0 spiro atoms. The van der Waals surface area contributed by atoms with Crippen molar-refractivity contribution in [2.75, 3.05) is 19.5 Å². The van der Waals surface area contributed by atoms with E-state index in [1.165, 1.54) is 44.6 Å². The van der Waals surface area contributed by atoms with Crippen LogP contribution < -0.4 is 19.9 Å². The van der Waals surface area contributed by atoms with Crippen molar-refractivity contribution < 1.29 is 22.7 Å². The first-order chi connectivity index (χ1) is 13.2. The number of hydrogen-bond donors (Lipinski definition) is 2. The lowest BCUT2D eigenvalue weighted by molar-refractivity contribution is -0.112. The summed E-state index contributed by atoms with van der Waals surface area (Å²) >= 11 is 3.36. The van der Waals surface area contributed by atoms with Gasteiger partial charge < -0.3 is 14.8 Å². The van der Waals surface area contributed by atoms with Gasteiger partial charge in [0.1, 0.15) is 11.6 Å². The molecule has 2 rings (SSSR count). The second kappa shape index (κ2) is 8.88. The Kier molecular flexibility index (Phi) is 6.80. The number of nitriles is 1. The summed E-state index contributed by atoms with van der Waals surface area (Å²) in [6, 6.07) is 10.4. The standard InChI is InChI=1S/C18H16BrN3O5S/c1-26-16-8-11(15(19)9-17(16)27-2)7-12(10-20)18(23)22-13-3-5-14(6-4-13)28(21,24)25/h3-9H,1-2H3,(H,22,23)(H2,21,24,25). The first-order valence-electron chi connectivity index (χ1n) is 7.67. The number of nitrogens with two attached hydrogens (primary N) is 1. The minimum Gasteiger partial charge on any atom is -0.493 e. The van der Waals surface area contributed by atoms with Gasteiger partial charge in [0.2, 0.25) is 10.0 Å². The van der Waals surface area contributed by atoms with Crippen molar-refractivity contribution in [2.45, 2.75) is 4.90 Å². The summed E-state index contributed by atoms with van der Waals surface area (Å²) in [5.74, 6) is 0.269. The van der Waals surface area contributed by atoms with Crippen LogP contribution in [0.25, 0.3) is 6.08 Å². The van der Waals surface area contributed by atoms with Gasteiger partial charge in [0.25, 0.3) is 5.91 Å². The molecule has 0 saturated heterocycles. The fourth-order valence-electron chi connectivity index (χ4n) is 2.21. The molecule has 1 amide bonds. The molecule has 8 nitrogen and oxygen atoms in total. The van der Waals surface area contributed by atoms with E-state index in [0.717, 1.165) is 0 Å². The van der Waals surface area contributed by atoms with Crippen molar-refractivity contribution >= 4 is 43.6 Å². The van der Waals surface area contributed by atoms with Crippen LogP contribution >= 0.6 is 15.9 Å². The number of halogens is 1. The van der Waals surface area contributed by atoms with E-state index in [1.54, 1.807) is 12.1 Å². The molecule has 0 aromatic heterocycles. The Hall–Kier alpha value is -2.87. The number of nitrogens with zero attached hydrogens (tertiary/aromatic N) is 1. The van der Waals surface area contributed by atoms with Gasteiger partial charge >= 0.3 is 0 Å². The van der Waals surface area contributed by atoms with E-state index >= 15 is 0 Å². The van der Waals surface area contributed by atoms with Gasteiger partial charge in [0, 0.05) is 10.2 Å². The van der Waals surface area contributed by atoms with Crippen molar-refractivity contribution in [3.05, 3.63) is 52.0 Å². The van der Waals surface area contributed by atoms with Gasteiger partial charge in [-0.25, -0.2) is 13.6 Å². The van der Waals surface area contributed by atoms with Crippen LogP contribution in [0.5, 0.6) is 11.5 Å². The van der Waals surface area contributed by atoms with Crippen LogP contribution in [-0.4, -0.2) is 28.5 Å². The van der Waals surface area contributed by atoms with E-state index < -0.39 is 15.9 Å². The molecule has 146 valence electrons. The fraction of sp³-hybridized carbons (Fsp3) is 0.111. The van der Waals surface area contributed by atoms with Crippen molar-refractivity contribution in [1.29, 1.82) is 5.26 Å². The highest BCUT2D eigenvalue weighted by molar-refractivity contribution is 9.10. The summed E-state index contributed by atoms with van der Waals surface area (Å²) in [7, 11) is -0.861. The van der Waals surface area contributed by atoms with E-state index in [2.05, 4.69) is 21.2 Å². The number of anilines is 1. The number of primary sulfonamides is 1. The summed E-state index contributed by atoms with van der Waals surface area (Å²) in [5, 5.41) is 16.9. The van der Waals surface area contributed by atoms with E-state index in [-0.39, 0.29) is 10.5 Å². The zero-order valence-electron chi connectivity index (χ0n) is 14.9. The summed E-state index contributed by atoms with van der Waals surface area (Å²) in [6.45, 7) is 0. The molecule has 0 fully saturated rings. The van der Waals surface area contributed by atoms with Crippen molar-refractivity contribution in [2.24, 2.45) is 5.14 Å². The first-order valence-corrected chi connectivity index (χ1v) is 10.0. The highest BCUT2D eigenvalue weighted by Gasteiger charge is 2.14. The molecule has 0 heterocycles.